The summed E-state index contributed by atoms with van der Waals surface area (Å²) in [6.07, 6.45) is 1.59. The minimum absolute atomic E-state index is 0.0637. The number of hydrogen-bond acceptors (Lipinski definition) is 4. The molecule has 0 aromatic heterocycles. The third-order valence-electron chi connectivity index (χ3n) is 4.98. The van der Waals surface area contributed by atoms with Gasteiger partial charge in [0.2, 0.25) is 0 Å². The van der Waals surface area contributed by atoms with Crippen LogP contribution in [-0.4, -0.2) is 18.9 Å². The summed E-state index contributed by atoms with van der Waals surface area (Å²) in [7, 11) is 1.24. The summed E-state index contributed by atoms with van der Waals surface area (Å²) in [5, 5.41) is 2.83. The summed E-state index contributed by atoms with van der Waals surface area (Å²) < 4.78 is 31.7. The number of rotatable bonds is 4. The fraction of sp³-hybridized carbons (Fsp3) is 0.118. The second-order valence-corrected chi connectivity index (χ2v) is 7.50. The van der Waals surface area contributed by atoms with Gasteiger partial charge in [-0.3, -0.25) is 9.59 Å². The molecule has 198 valence electrons. The Balaban J connectivity index is 0.000000473. The molecular formula is C34H25F2NO3. The van der Waals surface area contributed by atoms with E-state index in [1.807, 2.05) is 30.3 Å². The molecule has 40 heavy (non-hydrogen) atoms. The number of benzene rings is 2. The van der Waals surface area contributed by atoms with Crippen LogP contribution in [0.5, 0.6) is 0 Å². The first kappa shape index (κ1) is 32.3. The Morgan fingerprint density at radius 1 is 0.875 bits per heavy atom. The Morgan fingerprint density at radius 2 is 1.43 bits per heavy atom. The standard InChI is InChI=1S/C20H17F2NO3.C8H4.C6H4/c1-26-20(25)19-15(12-5-3-2-4-6-12)10-14(11-18(19)24)23-17-8-7-13(21)9-16(17)22;1-3-5-7-8-6-4-2;1-3-5-6-4-2/h2-9,11,15,19,23H,10H2,1H3;1-2H2;1-2H2. The van der Waals surface area contributed by atoms with Gasteiger partial charge in [0.1, 0.15) is 17.6 Å². The van der Waals surface area contributed by atoms with Crippen molar-refractivity contribution in [1.82, 2.24) is 0 Å². The Kier molecular flexibility index (Phi) is 14.9. The van der Waals surface area contributed by atoms with Crippen molar-refractivity contribution in [2.45, 2.75) is 12.3 Å². The third kappa shape index (κ3) is 11.1. The van der Waals surface area contributed by atoms with E-state index in [1.165, 1.54) is 19.3 Å². The molecule has 0 saturated carbocycles. The van der Waals surface area contributed by atoms with E-state index in [-0.39, 0.29) is 5.69 Å². The number of nitrogens with one attached hydrogen (secondary N) is 1. The molecule has 0 heterocycles. The molecule has 0 bridgehead atoms. The van der Waals surface area contributed by atoms with Crippen molar-refractivity contribution in [1.29, 1.82) is 0 Å². The average molecular weight is 534 g/mol. The van der Waals surface area contributed by atoms with Crippen LogP contribution in [0.25, 0.3) is 0 Å². The molecule has 0 aliphatic heterocycles. The van der Waals surface area contributed by atoms with E-state index in [0.717, 1.165) is 17.7 Å². The van der Waals surface area contributed by atoms with Gasteiger partial charge < -0.3 is 10.1 Å². The maximum atomic E-state index is 13.9. The first-order chi connectivity index (χ1) is 19.3. The largest absolute Gasteiger partial charge is 0.468 e. The van der Waals surface area contributed by atoms with Crippen molar-refractivity contribution in [2.24, 2.45) is 5.92 Å². The van der Waals surface area contributed by atoms with Crippen molar-refractivity contribution >= 4 is 17.4 Å². The maximum absolute atomic E-state index is 13.9. The van der Waals surface area contributed by atoms with Crippen LogP contribution in [0, 0.1) is 17.6 Å². The molecule has 4 nitrogen and oxygen atoms in total. The number of halogens is 2. The Morgan fingerprint density at radius 3 is 1.93 bits per heavy atom. The van der Waals surface area contributed by atoms with Crippen LogP contribution in [0.3, 0.4) is 0 Å². The lowest BCUT2D eigenvalue weighted by Gasteiger charge is -2.29. The molecule has 1 aliphatic rings. The van der Waals surface area contributed by atoms with Crippen molar-refractivity contribution in [3.05, 3.63) is 161 Å². The molecule has 0 fully saturated rings. The lowest BCUT2D eigenvalue weighted by molar-refractivity contribution is -0.149. The molecule has 2 unspecified atom stereocenters. The smallest absolute Gasteiger partial charge is 0.317 e. The summed E-state index contributed by atoms with van der Waals surface area (Å²) in [4.78, 5) is 24.7. The van der Waals surface area contributed by atoms with E-state index >= 15 is 0 Å². The van der Waals surface area contributed by atoms with Crippen LogP contribution in [0.4, 0.5) is 14.5 Å². The van der Waals surface area contributed by atoms with Crippen molar-refractivity contribution in [3.63, 3.8) is 0 Å². The highest BCUT2D eigenvalue weighted by atomic mass is 19.1. The Hall–Kier alpha value is -5.74. The Labute approximate surface area is 232 Å². The van der Waals surface area contributed by atoms with Gasteiger partial charge in [-0.25, -0.2) is 8.78 Å². The van der Waals surface area contributed by atoms with Gasteiger partial charge in [0.15, 0.2) is 5.78 Å². The van der Waals surface area contributed by atoms with Gasteiger partial charge in [-0.05, 0) is 84.8 Å². The van der Waals surface area contributed by atoms with Gasteiger partial charge in [0.25, 0.3) is 0 Å². The molecule has 2 aromatic rings. The Bertz CT molecular complexity index is 1580. The van der Waals surface area contributed by atoms with Crippen LogP contribution >= 0.6 is 0 Å². The summed E-state index contributed by atoms with van der Waals surface area (Å²) in [6, 6.07) is 12.3. The number of allylic oxidation sites excluding steroid dienone is 2. The molecule has 0 saturated heterocycles. The summed E-state index contributed by atoms with van der Waals surface area (Å²) in [5.41, 5.74) is 25.4. The number of carbonyl (C=O) groups excluding carboxylic acids is 2. The van der Waals surface area contributed by atoms with Gasteiger partial charge >= 0.3 is 5.97 Å². The first-order valence-corrected chi connectivity index (χ1v) is 11.5. The van der Waals surface area contributed by atoms with Crippen LogP contribution < -0.4 is 5.32 Å². The lowest BCUT2D eigenvalue weighted by Crippen LogP contribution is -2.34. The number of methoxy groups -OCH3 is 1. The van der Waals surface area contributed by atoms with Gasteiger partial charge in [0.05, 0.1) is 12.8 Å². The predicted molar refractivity (Wildman–Crippen MR) is 150 cm³/mol. The van der Waals surface area contributed by atoms with E-state index in [0.29, 0.717) is 12.1 Å². The van der Waals surface area contributed by atoms with Gasteiger partial charge in [-0.15, -0.1) is 0 Å². The molecule has 0 amide bonds. The van der Waals surface area contributed by atoms with Crippen molar-refractivity contribution in [3.8, 4) is 0 Å². The van der Waals surface area contributed by atoms with Crippen molar-refractivity contribution < 1.29 is 23.1 Å². The monoisotopic (exact) mass is 533 g/mol. The normalized spacial score (nSPS) is 14.0. The van der Waals surface area contributed by atoms with Gasteiger partial charge in [-0.1, -0.05) is 53.3 Å². The number of carbonyl (C=O) groups is 2. The molecule has 0 spiro atoms. The zero-order valence-electron chi connectivity index (χ0n) is 21.9. The fourth-order valence-electron chi connectivity index (χ4n) is 3.38. The molecule has 1 N–H and O–H groups in total. The molecule has 6 heteroatoms. The zero-order chi connectivity index (χ0) is 29.8. The SMILES string of the molecule is C=C=C=C=C=C.C=C=C=C=C=C=C=C.COC(=O)C1C(=O)C=C(Nc2ccc(F)cc2F)CC1c1ccccc1. The number of hydrogen-bond donors (Lipinski definition) is 1. The number of anilines is 1. The third-order valence-corrected chi connectivity index (χ3v) is 4.98. The van der Waals surface area contributed by atoms with Gasteiger partial charge in [-0.2, -0.15) is 0 Å². The maximum Gasteiger partial charge on any atom is 0.317 e. The van der Waals surface area contributed by atoms with E-state index in [1.54, 1.807) is 0 Å². The fourth-order valence-corrected chi connectivity index (χ4v) is 3.38. The summed E-state index contributed by atoms with van der Waals surface area (Å²) >= 11 is 0. The predicted octanol–water partition coefficient (Wildman–Crippen LogP) is 6.96. The molecular weight excluding hydrogens is 508 g/mol. The van der Waals surface area contributed by atoms with E-state index < -0.39 is 35.2 Å². The van der Waals surface area contributed by atoms with Crippen LogP contribution in [0.15, 0.2) is 144 Å². The molecule has 0 radical (unpaired) electrons. The van der Waals surface area contributed by atoms with Crippen LogP contribution in [-0.2, 0) is 14.3 Å². The molecule has 2 aromatic carbocycles. The highest BCUT2D eigenvalue weighted by molar-refractivity contribution is 6.07. The van der Waals surface area contributed by atoms with E-state index in [2.05, 4.69) is 88.9 Å². The van der Waals surface area contributed by atoms with Crippen molar-refractivity contribution in [2.75, 3.05) is 12.4 Å². The lowest BCUT2D eigenvalue weighted by atomic mass is 9.76. The van der Waals surface area contributed by atoms with E-state index in [4.69, 9.17) is 4.74 Å². The summed E-state index contributed by atoms with van der Waals surface area (Å²) in [5.74, 6) is -3.85. The second kappa shape index (κ2) is 18.5. The van der Waals surface area contributed by atoms with Crippen LogP contribution in [0.2, 0.25) is 0 Å². The zero-order valence-corrected chi connectivity index (χ0v) is 21.9. The average Bonchev–Trinajstić information content (AvgIpc) is 2.96. The second-order valence-electron chi connectivity index (χ2n) is 7.50. The van der Waals surface area contributed by atoms with Gasteiger partial charge in [0, 0.05) is 23.8 Å². The quantitative estimate of drug-likeness (QED) is 0.262. The minimum atomic E-state index is -0.953. The summed E-state index contributed by atoms with van der Waals surface area (Å²) in [6.45, 7) is 13.0. The highest BCUT2D eigenvalue weighted by Gasteiger charge is 2.39. The highest BCUT2D eigenvalue weighted by Crippen LogP contribution is 2.37. The number of esters is 1. The number of ether oxygens (including phenoxy) is 1. The van der Waals surface area contributed by atoms with Crippen LogP contribution in [0.1, 0.15) is 17.9 Å². The minimum Gasteiger partial charge on any atom is -0.468 e. The van der Waals surface area contributed by atoms with E-state index in [9.17, 15) is 18.4 Å². The first-order valence-electron chi connectivity index (χ1n) is 11.5. The number of ketones is 1. The molecule has 1 aliphatic carbocycles. The topological polar surface area (TPSA) is 55.4 Å². The molecule has 3 rings (SSSR count). The molecule has 2 atom stereocenters.